The summed E-state index contributed by atoms with van der Waals surface area (Å²) in [5.74, 6) is 0.0868. The van der Waals surface area contributed by atoms with Gasteiger partial charge in [0.15, 0.2) is 0 Å². The standard InChI is InChI=1S/C10H11ClN2O/c11-8-3-1-7(2-4-8)10-12-6-5-9(14)13-10/h1-4,10,12H,5-6H2,(H,13,14). The Balaban J connectivity index is 2.14. The van der Waals surface area contributed by atoms with Crippen LogP contribution in [0, 0.1) is 0 Å². The molecule has 1 saturated heterocycles. The van der Waals surface area contributed by atoms with Crippen LogP contribution >= 0.6 is 11.6 Å². The van der Waals surface area contributed by atoms with Crippen LogP contribution in [0.2, 0.25) is 5.02 Å². The summed E-state index contributed by atoms with van der Waals surface area (Å²) in [5, 5.41) is 6.77. The smallest absolute Gasteiger partial charge is 0.222 e. The zero-order valence-corrected chi connectivity index (χ0v) is 8.34. The number of halogens is 1. The Morgan fingerprint density at radius 3 is 2.64 bits per heavy atom. The minimum atomic E-state index is -0.0754. The molecule has 2 rings (SSSR count). The molecule has 0 spiro atoms. The Morgan fingerprint density at radius 1 is 1.29 bits per heavy atom. The molecule has 0 aliphatic carbocycles. The molecule has 4 heteroatoms. The minimum Gasteiger partial charge on any atom is -0.337 e. The zero-order chi connectivity index (χ0) is 9.97. The second-order valence-corrected chi connectivity index (χ2v) is 3.69. The summed E-state index contributed by atoms with van der Waals surface area (Å²) in [6.07, 6.45) is 0.470. The van der Waals surface area contributed by atoms with Crippen molar-refractivity contribution in [2.24, 2.45) is 0 Å². The van der Waals surface area contributed by atoms with Gasteiger partial charge in [0.25, 0.3) is 0 Å². The molecule has 0 bridgehead atoms. The molecule has 14 heavy (non-hydrogen) atoms. The maximum Gasteiger partial charge on any atom is 0.222 e. The van der Waals surface area contributed by atoms with Gasteiger partial charge in [0.2, 0.25) is 5.91 Å². The highest BCUT2D eigenvalue weighted by atomic mass is 35.5. The number of benzene rings is 1. The second kappa shape index (κ2) is 3.98. The van der Waals surface area contributed by atoms with Crippen LogP contribution in [0.3, 0.4) is 0 Å². The molecule has 2 N–H and O–H groups in total. The molecule has 3 nitrogen and oxygen atoms in total. The third-order valence-corrected chi connectivity index (χ3v) is 2.46. The van der Waals surface area contributed by atoms with Gasteiger partial charge in [-0.05, 0) is 17.7 Å². The lowest BCUT2D eigenvalue weighted by Gasteiger charge is -2.25. The van der Waals surface area contributed by atoms with Gasteiger partial charge in [0.05, 0.1) is 0 Å². The van der Waals surface area contributed by atoms with Crippen molar-refractivity contribution < 1.29 is 4.79 Å². The molecule has 0 aromatic heterocycles. The molecule has 0 radical (unpaired) electrons. The first-order valence-corrected chi connectivity index (χ1v) is 4.92. The number of carbonyl (C=O) groups is 1. The van der Waals surface area contributed by atoms with Crippen molar-refractivity contribution in [1.82, 2.24) is 10.6 Å². The van der Waals surface area contributed by atoms with Crippen molar-refractivity contribution in [3.63, 3.8) is 0 Å². The van der Waals surface area contributed by atoms with Crippen molar-refractivity contribution in [1.29, 1.82) is 0 Å². The molecule has 1 heterocycles. The van der Waals surface area contributed by atoms with E-state index < -0.39 is 0 Å². The Labute approximate surface area is 87.4 Å². The van der Waals surface area contributed by atoms with Gasteiger partial charge in [-0.1, -0.05) is 23.7 Å². The SMILES string of the molecule is O=C1CCNC(c2ccc(Cl)cc2)N1. The fourth-order valence-corrected chi connectivity index (χ4v) is 1.60. The third kappa shape index (κ3) is 2.05. The van der Waals surface area contributed by atoms with Gasteiger partial charge < -0.3 is 5.32 Å². The van der Waals surface area contributed by atoms with E-state index in [1.807, 2.05) is 24.3 Å². The first-order chi connectivity index (χ1) is 6.75. The largest absolute Gasteiger partial charge is 0.337 e. The highest BCUT2D eigenvalue weighted by Gasteiger charge is 2.18. The maximum atomic E-state index is 11.1. The highest BCUT2D eigenvalue weighted by molar-refractivity contribution is 6.30. The third-order valence-electron chi connectivity index (χ3n) is 2.21. The number of amides is 1. The summed E-state index contributed by atoms with van der Waals surface area (Å²) in [5.41, 5.74) is 1.03. The molecule has 0 saturated carbocycles. The van der Waals surface area contributed by atoms with Crippen LogP contribution in [0.1, 0.15) is 18.2 Å². The van der Waals surface area contributed by atoms with Crippen LogP contribution in [0.15, 0.2) is 24.3 Å². The molecule has 1 aromatic carbocycles. The summed E-state index contributed by atoms with van der Waals surface area (Å²) in [6.45, 7) is 0.721. The molecule has 1 atom stereocenters. The maximum absolute atomic E-state index is 11.1. The van der Waals surface area contributed by atoms with Gasteiger partial charge in [-0.2, -0.15) is 0 Å². The lowest BCUT2D eigenvalue weighted by atomic mass is 10.1. The molecule has 1 amide bonds. The van der Waals surface area contributed by atoms with Crippen LogP contribution in [0.25, 0.3) is 0 Å². The Morgan fingerprint density at radius 2 is 2.00 bits per heavy atom. The predicted octanol–water partition coefficient (Wildman–Crippen LogP) is 1.45. The predicted molar refractivity (Wildman–Crippen MR) is 55.0 cm³/mol. The Hall–Kier alpha value is -1.06. The van der Waals surface area contributed by atoms with Crippen LogP contribution in [-0.4, -0.2) is 12.5 Å². The average Bonchev–Trinajstić information content (AvgIpc) is 2.19. The molecule has 1 aliphatic heterocycles. The topological polar surface area (TPSA) is 41.1 Å². The number of hydrogen-bond acceptors (Lipinski definition) is 2. The van der Waals surface area contributed by atoms with E-state index in [2.05, 4.69) is 10.6 Å². The fourth-order valence-electron chi connectivity index (χ4n) is 1.47. The van der Waals surface area contributed by atoms with Crippen LogP contribution in [0.4, 0.5) is 0 Å². The Kier molecular flexibility index (Phi) is 2.70. The van der Waals surface area contributed by atoms with Crippen molar-refractivity contribution in [2.75, 3.05) is 6.54 Å². The average molecular weight is 211 g/mol. The molecule has 74 valence electrons. The van der Waals surface area contributed by atoms with E-state index in [1.165, 1.54) is 0 Å². The normalized spacial score (nSPS) is 21.8. The van der Waals surface area contributed by atoms with Crippen LogP contribution in [-0.2, 0) is 4.79 Å². The number of rotatable bonds is 1. The molecular weight excluding hydrogens is 200 g/mol. The summed E-state index contributed by atoms with van der Waals surface area (Å²) >= 11 is 5.77. The van der Waals surface area contributed by atoms with E-state index in [1.54, 1.807) is 0 Å². The van der Waals surface area contributed by atoms with E-state index >= 15 is 0 Å². The molecule has 1 aromatic rings. The summed E-state index contributed by atoms with van der Waals surface area (Å²) < 4.78 is 0. The van der Waals surface area contributed by atoms with E-state index in [-0.39, 0.29) is 12.1 Å². The van der Waals surface area contributed by atoms with Crippen LogP contribution < -0.4 is 10.6 Å². The van der Waals surface area contributed by atoms with Crippen LogP contribution in [0.5, 0.6) is 0 Å². The van der Waals surface area contributed by atoms with Gasteiger partial charge in [-0.25, -0.2) is 0 Å². The monoisotopic (exact) mass is 210 g/mol. The minimum absolute atomic E-state index is 0.0754. The fraction of sp³-hybridized carbons (Fsp3) is 0.300. The first-order valence-electron chi connectivity index (χ1n) is 4.54. The van der Waals surface area contributed by atoms with E-state index in [0.29, 0.717) is 11.4 Å². The molecule has 1 fully saturated rings. The van der Waals surface area contributed by atoms with Crippen molar-refractivity contribution in [3.8, 4) is 0 Å². The summed E-state index contributed by atoms with van der Waals surface area (Å²) in [7, 11) is 0. The van der Waals surface area contributed by atoms with Crippen molar-refractivity contribution in [2.45, 2.75) is 12.6 Å². The first kappa shape index (κ1) is 9.49. The molecule has 1 unspecified atom stereocenters. The second-order valence-electron chi connectivity index (χ2n) is 3.26. The molecular formula is C10H11ClN2O. The van der Waals surface area contributed by atoms with E-state index in [0.717, 1.165) is 12.1 Å². The lowest BCUT2D eigenvalue weighted by molar-refractivity contribution is -0.123. The number of nitrogens with one attached hydrogen (secondary N) is 2. The van der Waals surface area contributed by atoms with Gasteiger partial charge in [0.1, 0.15) is 6.17 Å². The lowest BCUT2D eigenvalue weighted by Crippen LogP contribution is -2.44. The number of carbonyl (C=O) groups excluding carboxylic acids is 1. The highest BCUT2D eigenvalue weighted by Crippen LogP contribution is 2.16. The molecule has 1 aliphatic rings. The van der Waals surface area contributed by atoms with E-state index in [4.69, 9.17) is 11.6 Å². The van der Waals surface area contributed by atoms with E-state index in [9.17, 15) is 4.79 Å². The van der Waals surface area contributed by atoms with Crippen molar-refractivity contribution in [3.05, 3.63) is 34.9 Å². The summed E-state index contributed by atoms with van der Waals surface area (Å²) in [4.78, 5) is 11.1. The van der Waals surface area contributed by atoms with Gasteiger partial charge in [-0.3, -0.25) is 10.1 Å². The van der Waals surface area contributed by atoms with Gasteiger partial charge in [0, 0.05) is 18.0 Å². The van der Waals surface area contributed by atoms with Gasteiger partial charge in [-0.15, -0.1) is 0 Å². The quantitative estimate of drug-likeness (QED) is 0.737. The van der Waals surface area contributed by atoms with Gasteiger partial charge >= 0.3 is 0 Å². The van der Waals surface area contributed by atoms with Crippen molar-refractivity contribution >= 4 is 17.5 Å². The Bertz CT molecular complexity index is 336. The summed E-state index contributed by atoms with van der Waals surface area (Å²) in [6, 6.07) is 7.45. The zero-order valence-electron chi connectivity index (χ0n) is 7.59. The number of hydrogen-bond donors (Lipinski definition) is 2.